The van der Waals surface area contributed by atoms with Crippen molar-refractivity contribution in [2.45, 2.75) is 0 Å². The molecule has 6 heteroatoms. The zero-order chi connectivity index (χ0) is 34.3. The normalized spacial score (nSPS) is 11.3. The van der Waals surface area contributed by atoms with Crippen molar-refractivity contribution >= 4 is 21.9 Å². The Morgan fingerprint density at radius 2 is 0.843 bits per heavy atom. The Kier molecular flexibility index (Phi) is 7.47. The van der Waals surface area contributed by atoms with Gasteiger partial charge in [0, 0.05) is 33.0 Å². The van der Waals surface area contributed by atoms with Crippen LogP contribution in [0.15, 0.2) is 168 Å². The van der Waals surface area contributed by atoms with Crippen molar-refractivity contribution in [3.05, 3.63) is 175 Å². The maximum atomic E-state index is 13.8. The van der Waals surface area contributed by atoms with E-state index in [1.165, 1.54) is 24.3 Å². The Morgan fingerprint density at radius 1 is 0.353 bits per heavy atom. The molecular formula is C45H27F2N3O. The van der Waals surface area contributed by atoms with Crippen LogP contribution < -0.4 is 0 Å². The number of hydrogen-bond acceptors (Lipinski definition) is 4. The Hall–Kier alpha value is -6.79. The van der Waals surface area contributed by atoms with E-state index in [-0.39, 0.29) is 11.6 Å². The summed E-state index contributed by atoms with van der Waals surface area (Å²) in [6.07, 6.45) is 0. The summed E-state index contributed by atoms with van der Waals surface area (Å²) in [5.41, 5.74) is 10.0. The number of hydrogen-bond donors (Lipinski definition) is 0. The maximum Gasteiger partial charge on any atom is 0.164 e. The monoisotopic (exact) mass is 663 g/mol. The molecule has 0 atom stereocenters. The molecular weight excluding hydrogens is 637 g/mol. The van der Waals surface area contributed by atoms with Gasteiger partial charge in [-0.3, -0.25) is 0 Å². The lowest BCUT2D eigenvalue weighted by Gasteiger charge is -2.10. The summed E-state index contributed by atoms with van der Waals surface area (Å²) in [5.74, 6) is 0.526. The smallest absolute Gasteiger partial charge is 0.164 e. The van der Waals surface area contributed by atoms with E-state index in [2.05, 4.69) is 83.8 Å². The van der Waals surface area contributed by atoms with Gasteiger partial charge in [-0.1, -0.05) is 91.0 Å². The van der Waals surface area contributed by atoms with Gasteiger partial charge >= 0.3 is 0 Å². The second-order valence-corrected chi connectivity index (χ2v) is 12.3. The fourth-order valence-electron chi connectivity index (χ4n) is 6.50. The number of benzene rings is 7. The van der Waals surface area contributed by atoms with Gasteiger partial charge in [0.2, 0.25) is 0 Å². The Labute approximate surface area is 292 Å². The largest absolute Gasteiger partial charge is 0.455 e. The highest BCUT2D eigenvalue weighted by molar-refractivity contribution is 6.10. The predicted octanol–water partition coefficient (Wildman–Crippen LogP) is 12.1. The van der Waals surface area contributed by atoms with Crippen LogP contribution in [-0.2, 0) is 0 Å². The predicted molar refractivity (Wildman–Crippen MR) is 200 cm³/mol. The van der Waals surface area contributed by atoms with Crippen LogP contribution in [0.3, 0.4) is 0 Å². The van der Waals surface area contributed by atoms with E-state index in [0.717, 1.165) is 60.9 Å². The van der Waals surface area contributed by atoms with Gasteiger partial charge in [-0.25, -0.2) is 23.7 Å². The van der Waals surface area contributed by atoms with Gasteiger partial charge in [0.15, 0.2) is 17.5 Å². The zero-order valence-corrected chi connectivity index (χ0v) is 27.1. The topological polar surface area (TPSA) is 51.8 Å². The molecule has 242 valence electrons. The molecule has 51 heavy (non-hydrogen) atoms. The van der Waals surface area contributed by atoms with Crippen molar-refractivity contribution in [1.82, 2.24) is 15.0 Å². The summed E-state index contributed by atoms with van der Waals surface area (Å²) in [7, 11) is 0. The van der Waals surface area contributed by atoms with Gasteiger partial charge in [-0.05, 0) is 101 Å². The highest BCUT2D eigenvalue weighted by Gasteiger charge is 2.16. The molecule has 0 bridgehead atoms. The summed E-state index contributed by atoms with van der Waals surface area (Å²) in [6, 6.07) is 51.4. The van der Waals surface area contributed by atoms with Gasteiger partial charge in [-0.15, -0.1) is 0 Å². The summed E-state index contributed by atoms with van der Waals surface area (Å²) < 4.78 is 34.1. The van der Waals surface area contributed by atoms with Crippen LogP contribution in [-0.4, -0.2) is 15.0 Å². The molecule has 0 unspecified atom stereocenters. The first-order valence-electron chi connectivity index (χ1n) is 16.6. The van der Waals surface area contributed by atoms with Gasteiger partial charge < -0.3 is 4.42 Å². The lowest BCUT2D eigenvalue weighted by Crippen LogP contribution is -2.00. The quantitative estimate of drug-likeness (QED) is 0.178. The van der Waals surface area contributed by atoms with Crippen LogP contribution >= 0.6 is 0 Å². The van der Waals surface area contributed by atoms with E-state index < -0.39 is 0 Å². The first kappa shape index (κ1) is 30.3. The van der Waals surface area contributed by atoms with Crippen LogP contribution in [0, 0.1) is 11.6 Å². The lowest BCUT2D eigenvalue weighted by atomic mass is 9.96. The number of para-hydroxylation sites is 1. The summed E-state index contributed by atoms with van der Waals surface area (Å²) in [5, 5.41) is 2.14. The third kappa shape index (κ3) is 5.83. The molecule has 0 N–H and O–H groups in total. The minimum Gasteiger partial charge on any atom is -0.455 e. The van der Waals surface area contributed by atoms with Crippen LogP contribution in [0.4, 0.5) is 8.78 Å². The van der Waals surface area contributed by atoms with E-state index in [1.807, 2.05) is 36.4 Å². The number of furan rings is 1. The molecule has 2 aromatic heterocycles. The number of aromatic nitrogens is 3. The minimum atomic E-state index is -0.351. The number of rotatable bonds is 6. The average Bonchev–Trinajstić information content (AvgIpc) is 3.57. The molecule has 7 aromatic carbocycles. The highest BCUT2D eigenvalue weighted by Crippen LogP contribution is 2.39. The molecule has 9 aromatic rings. The van der Waals surface area contributed by atoms with Crippen LogP contribution in [0.2, 0.25) is 0 Å². The summed E-state index contributed by atoms with van der Waals surface area (Å²) in [4.78, 5) is 14.3. The molecule has 0 fully saturated rings. The highest BCUT2D eigenvalue weighted by atomic mass is 19.1. The molecule has 0 saturated heterocycles. The number of halogens is 2. The number of fused-ring (bicyclic) bond motifs is 3. The molecule has 9 rings (SSSR count). The lowest BCUT2D eigenvalue weighted by molar-refractivity contribution is 0.627. The molecule has 0 aliphatic heterocycles. The summed E-state index contributed by atoms with van der Waals surface area (Å²) >= 11 is 0. The molecule has 0 aliphatic rings. The molecule has 0 spiro atoms. The van der Waals surface area contributed by atoms with Crippen molar-refractivity contribution in [2.75, 3.05) is 0 Å². The van der Waals surface area contributed by atoms with Crippen molar-refractivity contribution in [2.24, 2.45) is 0 Å². The Balaban J connectivity index is 1.11. The van der Waals surface area contributed by atoms with E-state index in [4.69, 9.17) is 14.4 Å². The molecule has 2 heterocycles. The van der Waals surface area contributed by atoms with Crippen molar-refractivity contribution < 1.29 is 13.2 Å². The Morgan fingerprint density at radius 3 is 1.49 bits per heavy atom. The fourth-order valence-corrected chi connectivity index (χ4v) is 6.50. The molecule has 0 radical (unpaired) electrons. The number of nitrogens with zero attached hydrogens (tertiary/aromatic N) is 3. The van der Waals surface area contributed by atoms with E-state index in [1.54, 1.807) is 24.3 Å². The van der Waals surface area contributed by atoms with E-state index in [9.17, 15) is 8.78 Å². The standard InChI is InChI=1S/C45H27F2N3O/c46-36-20-15-29(16-21-36)43-48-44(30-17-22-37(47)23-18-30)50-45(49-43)35-12-5-10-32(26-35)31-9-4-11-34(25-31)38-13-6-14-40-39-24-19-33(27-41(39)51-42(38)40)28-7-2-1-3-8-28/h1-27H. The zero-order valence-electron chi connectivity index (χ0n) is 27.1. The first-order chi connectivity index (χ1) is 25.1. The molecule has 0 saturated carbocycles. The minimum absolute atomic E-state index is 0.351. The van der Waals surface area contributed by atoms with Crippen LogP contribution in [0.1, 0.15) is 0 Å². The van der Waals surface area contributed by atoms with Crippen molar-refractivity contribution in [1.29, 1.82) is 0 Å². The Bertz CT molecular complexity index is 2640. The van der Waals surface area contributed by atoms with Gasteiger partial charge in [0.25, 0.3) is 0 Å². The second kappa shape index (κ2) is 12.6. The van der Waals surface area contributed by atoms with Gasteiger partial charge in [0.1, 0.15) is 22.8 Å². The van der Waals surface area contributed by atoms with Crippen LogP contribution in [0.25, 0.3) is 89.5 Å². The molecule has 4 nitrogen and oxygen atoms in total. The second-order valence-electron chi connectivity index (χ2n) is 12.3. The van der Waals surface area contributed by atoms with Crippen LogP contribution in [0.5, 0.6) is 0 Å². The van der Waals surface area contributed by atoms with E-state index >= 15 is 0 Å². The molecule has 0 aliphatic carbocycles. The molecule has 0 amide bonds. The first-order valence-corrected chi connectivity index (χ1v) is 16.6. The third-order valence-electron chi connectivity index (χ3n) is 9.07. The van der Waals surface area contributed by atoms with Crippen molar-refractivity contribution in [3.8, 4) is 67.5 Å². The van der Waals surface area contributed by atoms with Crippen molar-refractivity contribution in [3.63, 3.8) is 0 Å². The maximum absolute atomic E-state index is 13.8. The van der Waals surface area contributed by atoms with E-state index in [0.29, 0.717) is 28.6 Å². The van der Waals surface area contributed by atoms with Gasteiger partial charge in [0.05, 0.1) is 0 Å². The average molecular weight is 664 g/mol. The van der Waals surface area contributed by atoms with Gasteiger partial charge in [-0.2, -0.15) is 0 Å². The fraction of sp³-hybridized carbons (Fsp3) is 0. The SMILES string of the molecule is Fc1ccc(-c2nc(-c3ccc(F)cc3)nc(-c3cccc(-c4cccc(-c5cccc6c5oc5cc(-c7ccccc7)ccc56)c4)c3)n2)cc1. The summed E-state index contributed by atoms with van der Waals surface area (Å²) in [6.45, 7) is 0. The third-order valence-corrected chi connectivity index (χ3v) is 9.07.